The second-order valence-corrected chi connectivity index (χ2v) is 5.30. The van der Waals surface area contributed by atoms with Crippen LogP contribution < -0.4 is 20.1 Å². The first-order chi connectivity index (χ1) is 12.8. The highest BCUT2D eigenvalue weighted by Crippen LogP contribution is 2.29. The second-order valence-electron chi connectivity index (χ2n) is 5.30. The summed E-state index contributed by atoms with van der Waals surface area (Å²) in [5.41, 5.74) is 0.195. The van der Waals surface area contributed by atoms with Gasteiger partial charge in [0, 0.05) is 13.0 Å². The molecule has 0 aliphatic heterocycles. The first kappa shape index (κ1) is 20.1. The fourth-order valence-electron chi connectivity index (χ4n) is 2.21. The molecule has 0 spiro atoms. The first-order valence-corrected chi connectivity index (χ1v) is 7.86. The molecule has 0 aromatic heterocycles. The predicted molar refractivity (Wildman–Crippen MR) is 91.7 cm³/mol. The molecule has 0 heterocycles. The molecule has 0 bridgehead atoms. The Hall–Kier alpha value is -3.23. The summed E-state index contributed by atoms with van der Waals surface area (Å²) >= 11 is 0. The summed E-state index contributed by atoms with van der Waals surface area (Å²) in [5.74, 6) is -1.14. The molecular formula is C18H17F3N2O4. The van der Waals surface area contributed by atoms with E-state index in [1.807, 2.05) is 0 Å². The molecule has 2 rings (SSSR count). The molecule has 2 aromatic rings. The third-order valence-corrected chi connectivity index (χ3v) is 3.38. The van der Waals surface area contributed by atoms with Crippen LogP contribution in [0.2, 0.25) is 0 Å². The van der Waals surface area contributed by atoms with Gasteiger partial charge in [-0.3, -0.25) is 9.59 Å². The summed E-state index contributed by atoms with van der Waals surface area (Å²) in [4.78, 5) is 24.1. The maximum absolute atomic E-state index is 12.4. The average molecular weight is 382 g/mol. The van der Waals surface area contributed by atoms with Gasteiger partial charge >= 0.3 is 6.36 Å². The van der Waals surface area contributed by atoms with Crippen LogP contribution in [0.15, 0.2) is 48.5 Å². The minimum atomic E-state index is -4.87. The monoisotopic (exact) mass is 382 g/mol. The average Bonchev–Trinajstić information content (AvgIpc) is 2.62. The van der Waals surface area contributed by atoms with Crippen molar-refractivity contribution in [3.63, 3.8) is 0 Å². The number of carbonyl (C=O) groups excluding carboxylic acids is 2. The molecule has 144 valence electrons. The maximum atomic E-state index is 12.4. The lowest BCUT2D eigenvalue weighted by atomic mass is 10.2. The van der Waals surface area contributed by atoms with E-state index in [4.69, 9.17) is 4.74 Å². The second kappa shape index (κ2) is 8.93. The molecule has 2 N–H and O–H groups in total. The fourth-order valence-corrected chi connectivity index (χ4v) is 2.21. The highest BCUT2D eigenvalue weighted by molar-refractivity contribution is 5.97. The number of anilines is 1. The van der Waals surface area contributed by atoms with E-state index in [1.54, 1.807) is 24.3 Å². The van der Waals surface area contributed by atoms with Crippen molar-refractivity contribution in [1.29, 1.82) is 0 Å². The zero-order valence-corrected chi connectivity index (χ0v) is 14.3. The number of hydrogen-bond acceptors (Lipinski definition) is 4. The number of ether oxygens (including phenoxy) is 2. The quantitative estimate of drug-likeness (QED) is 0.770. The number of benzene rings is 2. The smallest absolute Gasteiger partial charge is 0.496 e. The van der Waals surface area contributed by atoms with E-state index in [2.05, 4.69) is 15.4 Å². The van der Waals surface area contributed by atoms with Gasteiger partial charge in [-0.1, -0.05) is 24.3 Å². The zero-order chi connectivity index (χ0) is 19.9. The van der Waals surface area contributed by atoms with E-state index in [1.165, 1.54) is 25.3 Å². The number of hydrogen-bond donors (Lipinski definition) is 2. The van der Waals surface area contributed by atoms with Crippen LogP contribution in [0.3, 0.4) is 0 Å². The largest absolute Gasteiger partial charge is 0.573 e. The molecular weight excluding hydrogens is 365 g/mol. The molecule has 0 saturated heterocycles. The summed E-state index contributed by atoms with van der Waals surface area (Å²) in [7, 11) is 1.43. The van der Waals surface area contributed by atoms with Gasteiger partial charge in [-0.05, 0) is 24.3 Å². The SMILES string of the molecule is COc1ccccc1C(=O)NCCC(=O)Nc1ccccc1OC(F)(F)F. The number of rotatable bonds is 7. The van der Waals surface area contributed by atoms with Crippen molar-refractivity contribution in [3.8, 4) is 11.5 Å². The van der Waals surface area contributed by atoms with Crippen LogP contribution in [-0.4, -0.2) is 31.8 Å². The number of alkyl halides is 3. The van der Waals surface area contributed by atoms with Crippen LogP contribution in [0.4, 0.5) is 18.9 Å². The lowest BCUT2D eigenvalue weighted by Gasteiger charge is -2.14. The Labute approximate surface area is 153 Å². The van der Waals surface area contributed by atoms with Crippen molar-refractivity contribution >= 4 is 17.5 Å². The summed E-state index contributed by atoms with van der Waals surface area (Å²) in [6.45, 7) is -0.00892. The summed E-state index contributed by atoms with van der Waals surface area (Å²) in [5, 5.41) is 4.88. The van der Waals surface area contributed by atoms with E-state index in [-0.39, 0.29) is 18.7 Å². The number of carbonyl (C=O) groups is 2. The number of amides is 2. The van der Waals surface area contributed by atoms with E-state index in [0.717, 1.165) is 6.07 Å². The summed E-state index contributed by atoms with van der Waals surface area (Å²) in [6, 6.07) is 11.8. The van der Waals surface area contributed by atoms with Crippen molar-refractivity contribution in [2.75, 3.05) is 19.0 Å². The molecule has 9 heteroatoms. The van der Waals surface area contributed by atoms with Gasteiger partial charge in [0.15, 0.2) is 5.75 Å². The molecule has 0 fully saturated rings. The minimum absolute atomic E-state index is 0.00892. The lowest BCUT2D eigenvalue weighted by molar-refractivity contribution is -0.274. The Balaban J connectivity index is 1.89. The normalized spacial score (nSPS) is 10.8. The van der Waals surface area contributed by atoms with Crippen molar-refractivity contribution < 1.29 is 32.2 Å². The van der Waals surface area contributed by atoms with Gasteiger partial charge < -0.3 is 20.1 Å². The molecule has 2 amide bonds. The Morgan fingerprint density at radius 1 is 1.00 bits per heavy atom. The molecule has 0 radical (unpaired) electrons. The van der Waals surface area contributed by atoms with Gasteiger partial charge in [0.2, 0.25) is 5.91 Å². The van der Waals surface area contributed by atoms with Gasteiger partial charge in [-0.25, -0.2) is 0 Å². The molecule has 0 aliphatic rings. The van der Waals surface area contributed by atoms with Crippen LogP contribution in [0.1, 0.15) is 16.8 Å². The fraction of sp³-hybridized carbons (Fsp3) is 0.222. The van der Waals surface area contributed by atoms with Gasteiger partial charge in [-0.15, -0.1) is 13.2 Å². The van der Waals surface area contributed by atoms with Crippen molar-refractivity contribution in [2.24, 2.45) is 0 Å². The molecule has 0 saturated carbocycles. The van der Waals surface area contributed by atoms with Gasteiger partial charge in [-0.2, -0.15) is 0 Å². The first-order valence-electron chi connectivity index (χ1n) is 7.86. The van der Waals surface area contributed by atoms with Crippen LogP contribution in [0.5, 0.6) is 11.5 Å². The number of para-hydroxylation sites is 3. The molecule has 0 atom stereocenters. The number of nitrogens with one attached hydrogen (secondary N) is 2. The highest BCUT2D eigenvalue weighted by atomic mass is 19.4. The number of halogens is 3. The summed E-state index contributed by atoms with van der Waals surface area (Å²) < 4.78 is 46.1. The minimum Gasteiger partial charge on any atom is -0.496 e. The third-order valence-electron chi connectivity index (χ3n) is 3.38. The Kier molecular flexibility index (Phi) is 6.64. The molecule has 0 unspecified atom stereocenters. The molecule has 2 aromatic carbocycles. The number of methoxy groups -OCH3 is 1. The van der Waals surface area contributed by atoms with Crippen molar-refractivity contribution in [2.45, 2.75) is 12.8 Å². The third kappa shape index (κ3) is 6.21. The maximum Gasteiger partial charge on any atom is 0.573 e. The van der Waals surface area contributed by atoms with Gasteiger partial charge in [0.1, 0.15) is 5.75 Å². The lowest BCUT2D eigenvalue weighted by Crippen LogP contribution is -2.28. The van der Waals surface area contributed by atoms with Crippen LogP contribution in [0.25, 0.3) is 0 Å². The van der Waals surface area contributed by atoms with Gasteiger partial charge in [0.05, 0.1) is 18.4 Å². The van der Waals surface area contributed by atoms with E-state index < -0.39 is 23.9 Å². The standard InChI is InChI=1S/C18H17F3N2O4/c1-26-14-8-4-2-6-12(14)17(25)22-11-10-16(24)23-13-7-3-5-9-15(13)27-18(19,20)21/h2-9H,10-11H2,1H3,(H,22,25)(H,23,24). The van der Waals surface area contributed by atoms with E-state index in [0.29, 0.717) is 11.3 Å². The summed E-state index contributed by atoms with van der Waals surface area (Å²) in [6.07, 6.45) is -5.01. The van der Waals surface area contributed by atoms with E-state index >= 15 is 0 Å². The van der Waals surface area contributed by atoms with Crippen LogP contribution >= 0.6 is 0 Å². The zero-order valence-electron chi connectivity index (χ0n) is 14.3. The van der Waals surface area contributed by atoms with Gasteiger partial charge in [0.25, 0.3) is 5.91 Å². The topological polar surface area (TPSA) is 76.7 Å². The van der Waals surface area contributed by atoms with Crippen LogP contribution in [0, 0.1) is 0 Å². The van der Waals surface area contributed by atoms with Crippen molar-refractivity contribution in [3.05, 3.63) is 54.1 Å². The van der Waals surface area contributed by atoms with E-state index in [9.17, 15) is 22.8 Å². The Morgan fingerprint density at radius 3 is 2.30 bits per heavy atom. The molecule has 6 nitrogen and oxygen atoms in total. The molecule has 0 aliphatic carbocycles. The Morgan fingerprint density at radius 2 is 1.63 bits per heavy atom. The predicted octanol–water partition coefficient (Wildman–Crippen LogP) is 3.35. The van der Waals surface area contributed by atoms with Crippen LogP contribution in [-0.2, 0) is 4.79 Å². The Bertz CT molecular complexity index is 809. The molecule has 27 heavy (non-hydrogen) atoms. The van der Waals surface area contributed by atoms with Crippen molar-refractivity contribution in [1.82, 2.24) is 5.32 Å². The highest BCUT2D eigenvalue weighted by Gasteiger charge is 2.32.